The van der Waals surface area contributed by atoms with E-state index in [-0.39, 0.29) is 24.4 Å². The van der Waals surface area contributed by atoms with Gasteiger partial charge in [-0.15, -0.1) is 13.2 Å². The molecule has 0 saturated heterocycles. The summed E-state index contributed by atoms with van der Waals surface area (Å²) in [4.78, 5) is 24.3. The normalized spacial score (nSPS) is 13.8. The number of nitrogens with zero attached hydrogens (tertiary/aromatic N) is 2. The Morgan fingerprint density at radius 2 is 1.83 bits per heavy atom. The molecule has 0 saturated carbocycles. The number of nitrogens with one attached hydrogen (secondary N) is 1. The minimum atomic E-state index is -4.82. The average molecular weight is 405 g/mol. The van der Waals surface area contributed by atoms with Crippen LogP contribution < -0.4 is 10.1 Å². The number of anilines is 1. The number of ether oxygens (including phenoxy) is 1. The van der Waals surface area contributed by atoms with E-state index in [9.17, 15) is 22.8 Å². The van der Waals surface area contributed by atoms with E-state index in [1.54, 1.807) is 0 Å². The van der Waals surface area contributed by atoms with Gasteiger partial charge in [-0.2, -0.15) is 5.10 Å². The Morgan fingerprint density at radius 1 is 1.07 bits per heavy atom. The predicted molar refractivity (Wildman–Crippen MR) is 100 cm³/mol. The van der Waals surface area contributed by atoms with Crippen LogP contribution in [0.25, 0.3) is 0 Å². The summed E-state index contributed by atoms with van der Waals surface area (Å²) in [5.41, 5.74) is 1.90. The van der Waals surface area contributed by atoms with Gasteiger partial charge in [-0.3, -0.25) is 9.59 Å². The summed E-state index contributed by atoms with van der Waals surface area (Å²) in [6.07, 6.45) is -4.36. The highest BCUT2D eigenvalue weighted by atomic mass is 19.4. The van der Waals surface area contributed by atoms with Crippen molar-refractivity contribution in [1.29, 1.82) is 0 Å². The summed E-state index contributed by atoms with van der Waals surface area (Å²) in [5, 5.41) is 8.11. The van der Waals surface area contributed by atoms with E-state index in [1.807, 2.05) is 30.3 Å². The van der Waals surface area contributed by atoms with E-state index in [0.717, 1.165) is 23.4 Å². The molecule has 29 heavy (non-hydrogen) atoms. The van der Waals surface area contributed by atoms with Crippen molar-refractivity contribution < 1.29 is 27.5 Å². The van der Waals surface area contributed by atoms with Crippen LogP contribution in [0.5, 0.6) is 5.75 Å². The lowest BCUT2D eigenvalue weighted by molar-refractivity contribution is -0.274. The number of hydrazone groups is 1. The Kier molecular flexibility index (Phi) is 6.16. The maximum absolute atomic E-state index is 12.3. The van der Waals surface area contributed by atoms with E-state index in [1.165, 1.54) is 17.1 Å². The van der Waals surface area contributed by atoms with Crippen molar-refractivity contribution in [3.63, 3.8) is 0 Å². The summed E-state index contributed by atoms with van der Waals surface area (Å²) in [6, 6.07) is 14.4. The minimum Gasteiger partial charge on any atom is -0.406 e. The van der Waals surface area contributed by atoms with Gasteiger partial charge in [0.25, 0.3) is 0 Å². The zero-order valence-electron chi connectivity index (χ0n) is 15.3. The van der Waals surface area contributed by atoms with Crippen LogP contribution in [0.2, 0.25) is 0 Å². The maximum Gasteiger partial charge on any atom is 0.573 e. The van der Waals surface area contributed by atoms with Gasteiger partial charge in [0.05, 0.1) is 12.3 Å². The third-order valence-electron chi connectivity index (χ3n) is 4.11. The highest BCUT2D eigenvalue weighted by molar-refractivity contribution is 6.02. The topological polar surface area (TPSA) is 71.0 Å². The zero-order valence-corrected chi connectivity index (χ0v) is 15.3. The lowest BCUT2D eigenvalue weighted by Gasteiger charge is -2.12. The number of carbonyl (C=O) groups excluding carboxylic acids is 2. The molecule has 3 rings (SSSR count). The number of rotatable bonds is 6. The SMILES string of the molecule is O=C(CCC(=O)N1CCC(c2ccccc2)=N1)Nc1cccc(OC(F)(F)F)c1. The van der Waals surface area contributed by atoms with Crippen molar-refractivity contribution in [1.82, 2.24) is 5.01 Å². The third kappa shape index (κ3) is 6.06. The fourth-order valence-corrected chi connectivity index (χ4v) is 2.81. The van der Waals surface area contributed by atoms with Crippen molar-refractivity contribution in [2.45, 2.75) is 25.6 Å². The first-order chi connectivity index (χ1) is 13.8. The second-order valence-corrected chi connectivity index (χ2v) is 6.30. The van der Waals surface area contributed by atoms with Crippen molar-refractivity contribution >= 4 is 23.2 Å². The van der Waals surface area contributed by atoms with Gasteiger partial charge >= 0.3 is 6.36 Å². The van der Waals surface area contributed by atoms with Gasteiger partial charge in [0.1, 0.15) is 5.75 Å². The van der Waals surface area contributed by atoms with Crippen LogP contribution in [0, 0.1) is 0 Å². The smallest absolute Gasteiger partial charge is 0.406 e. The molecule has 0 radical (unpaired) electrons. The molecule has 1 heterocycles. The second kappa shape index (κ2) is 8.76. The number of halogens is 3. The average Bonchev–Trinajstić information content (AvgIpc) is 3.16. The van der Waals surface area contributed by atoms with Gasteiger partial charge in [-0.1, -0.05) is 36.4 Å². The van der Waals surface area contributed by atoms with E-state index >= 15 is 0 Å². The summed E-state index contributed by atoms with van der Waals surface area (Å²) >= 11 is 0. The molecule has 9 heteroatoms. The first kappa shape index (κ1) is 20.4. The van der Waals surface area contributed by atoms with Crippen LogP contribution in [0.4, 0.5) is 18.9 Å². The molecule has 1 aliphatic heterocycles. The highest BCUT2D eigenvalue weighted by Gasteiger charge is 2.31. The van der Waals surface area contributed by atoms with E-state index in [4.69, 9.17) is 0 Å². The Balaban J connectivity index is 1.50. The van der Waals surface area contributed by atoms with E-state index in [2.05, 4.69) is 15.2 Å². The number of carbonyl (C=O) groups is 2. The van der Waals surface area contributed by atoms with Gasteiger partial charge in [0, 0.05) is 31.0 Å². The molecule has 0 bridgehead atoms. The van der Waals surface area contributed by atoms with Gasteiger partial charge in [-0.25, -0.2) is 5.01 Å². The Labute approximate surface area is 165 Å². The molecule has 0 unspecified atom stereocenters. The zero-order chi connectivity index (χ0) is 20.9. The van der Waals surface area contributed by atoms with Crippen molar-refractivity contribution in [3.8, 4) is 5.75 Å². The molecule has 0 aromatic heterocycles. The summed E-state index contributed by atoms with van der Waals surface area (Å²) in [6.45, 7) is 0.446. The third-order valence-corrected chi connectivity index (χ3v) is 4.11. The summed E-state index contributed by atoms with van der Waals surface area (Å²) in [7, 11) is 0. The molecule has 6 nitrogen and oxygen atoms in total. The molecule has 0 fully saturated rings. The van der Waals surface area contributed by atoms with Gasteiger partial charge < -0.3 is 10.1 Å². The van der Waals surface area contributed by atoms with Crippen LogP contribution >= 0.6 is 0 Å². The number of amides is 2. The minimum absolute atomic E-state index is 0.0594. The molecule has 2 aromatic rings. The van der Waals surface area contributed by atoms with Gasteiger partial charge in [-0.05, 0) is 17.7 Å². The molecular weight excluding hydrogens is 387 g/mol. The lowest BCUT2D eigenvalue weighted by Crippen LogP contribution is -2.25. The van der Waals surface area contributed by atoms with Crippen LogP contribution in [0.1, 0.15) is 24.8 Å². The summed E-state index contributed by atoms with van der Waals surface area (Å²) in [5.74, 6) is -1.22. The molecule has 0 aliphatic carbocycles. The molecule has 1 aliphatic rings. The number of hydrogen-bond donors (Lipinski definition) is 1. The van der Waals surface area contributed by atoms with Crippen LogP contribution in [0.15, 0.2) is 59.7 Å². The molecule has 0 atom stereocenters. The van der Waals surface area contributed by atoms with E-state index < -0.39 is 18.0 Å². The fourth-order valence-electron chi connectivity index (χ4n) is 2.81. The molecule has 2 amide bonds. The molecule has 152 valence electrons. The van der Waals surface area contributed by atoms with Crippen LogP contribution in [0.3, 0.4) is 0 Å². The van der Waals surface area contributed by atoms with Gasteiger partial charge in [0.2, 0.25) is 11.8 Å². The first-order valence-electron chi connectivity index (χ1n) is 8.89. The van der Waals surface area contributed by atoms with Crippen LogP contribution in [-0.4, -0.2) is 35.4 Å². The standard InChI is InChI=1S/C20H18F3N3O3/c21-20(22,23)29-16-8-4-7-15(13-16)24-18(27)9-10-19(28)26-12-11-17(25-26)14-5-2-1-3-6-14/h1-8,13H,9-12H2,(H,24,27). The Hall–Kier alpha value is -3.36. The first-order valence-corrected chi connectivity index (χ1v) is 8.89. The number of alkyl halides is 3. The van der Waals surface area contributed by atoms with E-state index in [0.29, 0.717) is 13.0 Å². The Bertz CT molecular complexity index is 914. The van der Waals surface area contributed by atoms with Crippen molar-refractivity contribution in [2.24, 2.45) is 5.10 Å². The van der Waals surface area contributed by atoms with Crippen molar-refractivity contribution in [2.75, 3.05) is 11.9 Å². The second-order valence-electron chi connectivity index (χ2n) is 6.30. The predicted octanol–water partition coefficient (Wildman–Crippen LogP) is 3.94. The van der Waals surface area contributed by atoms with Crippen molar-refractivity contribution in [3.05, 3.63) is 60.2 Å². The monoisotopic (exact) mass is 405 g/mol. The summed E-state index contributed by atoms with van der Waals surface area (Å²) < 4.78 is 40.6. The quantitative estimate of drug-likeness (QED) is 0.791. The molecule has 1 N–H and O–H groups in total. The molecular formula is C20H18F3N3O3. The Morgan fingerprint density at radius 3 is 2.55 bits per heavy atom. The largest absolute Gasteiger partial charge is 0.573 e. The maximum atomic E-state index is 12.3. The molecule has 0 spiro atoms. The van der Waals surface area contributed by atoms with Crippen LogP contribution in [-0.2, 0) is 9.59 Å². The van der Waals surface area contributed by atoms with Gasteiger partial charge in [0.15, 0.2) is 0 Å². The fraction of sp³-hybridized carbons (Fsp3) is 0.250. The highest BCUT2D eigenvalue weighted by Crippen LogP contribution is 2.25. The molecule has 2 aromatic carbocycles. The number of hydrogen-bond acceptors (Lipinski definition) is 4. The number of benzene rings is 2. The lowest BCUT2D eigenvalue weighted by atomic mass is 10.1.